The van der Waals surface area contributed by atoms with Gasteiger partial charge in [-0.15, -0.1) is 0 Å². The molecular formula is C27H23ClN6O3. The highest BCUT2D eigenvalue weighted by molar-refractivity contribution is 6.30. The molecule has 37 heavy (non-hydrogen) atoms. The first-order valence-corrected chi connectivity index (χ1v) is 11.6. The van der Waals surface area contributed by atoms with Crippen molar-refractivity contribution in [2.75, 3.05) is 5.32 Å². The molecule has 4 aromatic rings. The van der Waals surface area contributed by atoms with Gasteiger partial charge in [-0.2, -0.15) is 10.2 Å². The monoisotopic (exact) mass is 514 g/mol. The van der Waals surface area contributed by atoms with Crippen molar-refractivity contribution in [3.63, 3.8) is 0 Å². The Labute approximate surface area is 217 Å². The van der Waals surface area contributed by atoms with E-state index in [0.717, 1.165) is 11.1 Å². The van der Waals surface area contributed by atoms with Gasteiger partial charge in [0.2, 0.25) is 11.8 Å². The van der Waals surface area contributed by atoms with Crippen molar-refractivity contribution in [3.05, 3.63) is 107 Å². The first-order valence-electron chi connectivity index (χ1n) is 11.3. The fourth-order valence-corrected chi connectivity index (χ4v) is 3.71. The number of para-hydroxylation sites is 1. The summed E-state index contributed by atoms with van der Waals surface area (Å²) >= 11 is 5.90. The zero-order chi connectivity index (χ0) is 26.2. The van der Waals surface area contributed by atoms with Gasteiger partial charge >= 0.3 is 0 Å². The molecule has 0 atom stereocenters. The van der Waals surface area contributed by atoms with E-state index >= 15 is 0 Å². The lowest BCUT2D eigenvalue weighted by Gasteiger charge is -2.10. The van der Waals surface area contributed by atoms with Gasteiger partial charge in [-0.25, -0.2) is 5.43 Å². The number of nitrogens with zero attached hydrogens (tertiary/aromatic N) is 3. The minimum absolute atomic E-state index is 0.0941. The molecule has 0 spiro atoms. The molecule has 3 aromatic carbocycles. The molecular weight excluding hydrogens is 492 g/mol. The number of hydrogen-bond donors (Lipinski definition) is 3. The summed E-state index contributed by atoms with van der Waals surface area (Å²) in [6.07, 6.45) is 3.18. The fourth-order valence-electron chi connectivity index (χ4n) is 3.59. The van der Waals surface area contributed by atoms with Crippen LogP contribution in [0.2, 0.25) is 5.02 Å². The molecule has 186 valence electrons. The van der Waals surface area contributed by atoms with Crippen LogP contribution in [0.15, 0.2) is 90.2 Å². The number of nitrogens with two attached hydrogens (primary N) is 1. The number of nitrogens with one attached hydrogen (secondary N) is 2. The quantitative estimate of drug-likeness (QED) is 0.232. The van der Waals surface area contributed by atoms with E-state index in [9.17, 15) is 14.4 Å². The summed E-state index contributed by atoms with van der Waals surface area (Å²) in [4.78, 5) is 36.8. The van der Waals surface area contributed by atoms with Gasteiger partial charge in [-0.05, 0) is 29.8 Å². The maximum atomic E-state index is 12.9. The summed E-state index contributed by atoms with van der Waals surface area (Å²) in [5.74, 6) is -1.32. The van der Waals surface area contributed by atoms with Gasteiger partial charge < -0.3 is 11.1 Å². The number of anilines is 1. The Morgan fingerprint density at radius 3 is 2.41 bits per heavy atom. The first kappa shape index (κ1) is 25.3. The number of carbonyl (C=O) groups excluding carboxylic acids is 3. The van der Waals surface area contributed by atoms with Crippen molar-refractivity contribution in [2.45, 2.75) is 13.0 Å². The Hall–Kier alpha value is -4.76. The Balaban J connectivity index is 1.47. The predicted octanol–water partition coefficient (Wildman–Crippen LogP) is 3.63. The fraction of sp³-hybridized carbons (Fsp3) is 0.0741. The zero-order valence-corrected chi connectivity index (χ0v) is 20.4. The average Bonchev–Trinajstić information content (AvgIpc) is 3.28. The Morgan fingerprint density at radius 2 is 1.68 bits per heavy atom. The predicted molar refractivity (Wildman–Crippen MR) is 142 cm³/mol. The van der Waals surface area contributed by atoms with Crippen molar-refractivity contribution in [1.29, 1.82) is 0 Å². The van der Waals surface area contributed by atoms with Crippen LogP contribution in [0.5, 0.6) is 0 Å². The molecule has 0 radical (unpaired) electrons. The van der Waals surface area contributed by atoms with E-state index in [1.807, 2.05) is 30.3 Å². The number of hydrazone groups is 1. The normalized spacial score (nSPS) is 10.8. The third-order valence-corrected chi connectivity index (χ3v) is 5.50. The van der Waals surface area contributed by atoms with Crippen LogP contribution in [-0.4, -0.2) is 33.7 Å². The van der Waals surface area contributed by atoms with E-state index in [4.69, 9.17) is 17.3 Å². The highest BCUT2D eigenvalue weighted by atomic mass is 35.5. The standard InChI is InChI=1S/C27H23ClN6O3/c28-21-12-10-18(11-13-21)14-25(36)31-23-9-5-4-8-22(23)27(37)32-30-15-20-16-34(17-24(29)35)33-26(20)19-6-2-1-3-7-19/h1-13,15-16H,14,17H2,(H2,29,35)(H,31,36)(H,32,37)/b30-15+. The molecule has 0 bridgehead atoms. The number of benzene rings is 3. The average molecular weight is 515 g/mol. The summed E-state index contributed by atoms with van der Waals surface area (Å²) in [7, 11) is 0. The van der Waals surface area contributed by atoms with Crippen molar-refractivity contribution in [2.24, 2.45) is 10.8 Å². The van der Waals surface area contributed by atoms with Crippen LogP contribution in [0, 0.1) is 0 Å². The number of carbonyl (C=O) groups is 3. The summed E-state index contributed by atoms with van der Waals surface area (Å²) in [6.45, 7) is -0.0941. The second kappa shape index (κ2) is 11.8. The summed E-state index contributed by atoms with van der Waals surface area (Å²) in [5, 5.41) is 11.9. The van der Waals surface area contributed by atoms with Gasteiger partial charge in [-0.1, -0.05) is 66.2 Å². The lowest BCUT2D eigenvalue weighted by atomic mass is 10.1. The molecule has 0 unspecified atom stereocenters. The highest BCUT2D eigenvalue weighted by Crippen LogP contribution is 2.21. The van der Waals surface area contributed by atoms with E-state index in [-0.39, 0.29) is 24.4 Å². The molecule has 0 saturated carbocycles. The van der Waals surface area contributed by atoms with E-state index < -0.39 is 11.8 Å². The van der Waals surface area contributed by atoms with Crippen molar-refractivity contribution < 1.29 is 14.4 Å². The molecule has 0 aliphatic heterocycles. The topological polar surface area (TPSA) is 131 Å². The molecule has 0 aliphatic carbocycles. The van der Waals surface area contributed by atoms with Gasteiger partial charge in [-0.3, -0.25) is 19.1 Å². The number of hydrogen-bond acceptors (Lipinski definition) is 5. The number of primary amides is 1. The van der Waals surface area contributed by atoms with Gasteiger partial charge in [0.1, 0.15) is 12.2 Å². The minimum atomic E-state index is -0.534. The molecule has 10 heteroatoms. The molecule has 0 fully saturated rings. The highest BCUT2D eigenvalue weighted by Gasteiger charge is 2.14. The van der Waals surface area contributed by atoms with Crippen LogP contribution in [0.3, 0.4) is 0 Å². The number of aromatic nitrogens is 2. The molecule has 0 aliphatic rings. The van der Waals surface area contributed by atoms with Crippen LogP contribution in [0.1, 0.15) is 21.5 Å². The lowest BCUT2D eigenvalue weighted by molar-refractivity contribution is -0.118. The van der Waals surface area contributed by atoms with E-state index in [1.165, 1.54) is 10.9 Å². The van der Waals surface area contributed by atoms with Crippen LogP contribution in [0.4, 0.5) is 5.69 Å². The zero-order valence-electron chi connectivity index (χ0n) is 19.6. The van der Waals surface area contributed by atoms with Gasteiger partial charge in [0.15, 0.2) is 0 Å². The van der Waals surface area contributed by atoms with Crippen molar-refractivity contribution in [1.82, 2.24) is 15.2 Å². The molecule has 3 amide bonds. The van der Waals surface area contributed by atoms with E-state index in [0.29, 0.717) is 22.0 Å². The molecule has 0 saturated heterocycles. The maximum Gasteiger partial charge on any atom is 0.273 e. The summed E-state index contributed by atoms with van der Waals surface area (Å²) in [5.41, 5.74) is 11.1. The van der Waals surface area contributed by atoms with Gasteiger partial charge in [0, 0.05) is 22.3 Å². The molecule has 4 N–H and O–H groups in total. The van der Waals surface area contributed by atoms with Gasteiger partial charge in [0.25, 0.3) is 5.91 Å². The van der Waals surface area contributed by atoms with Crippen molar-refractivity contribution >= 4 is 41.2 Å². The number of rotatable bonds is 9. The lowest BCUT2D eigenvalue weighted by Crippen LogP contribution is -2.22. The largest absolute Gasteiger partial charge is 0.368 e. The molecule has 1 heterocycles. The van der Waals surface area contributed by atoms with Gasteiger partial charge in [0.05, 0.1) is 23.9 Å². The molecule has 1 aromatic heterocycles. The van der Waals surface area contributed by atoms with Crippen LogP contribution in [-0.2, 0) is 22.6 Å². The maximum absolute atomic E-state index is 12.9. The Morgan fingerprint density at radius 1 is 0.973 bits per heavy atom. The Bertz CT molecular complexity index is 1450. The SMILES string of the molecule is NC(=O)Cn1cc(/C=N/NC(=O)c2ccccc2NC(=O)Cc2ccc(Cl)cc2)c(-c2ccccc2)n1. The van der Waals surface area contributed by atoms with Crippen LogP contribution < -0.4 is 16.5 Å². The summed E-state index contributed by atoms with van der Waals surface area (Å²) < 4.78 is 1.42. The third-order valence-electron chi connectivity index (χ3n) is 5.25. The second-order valence-electron chi connectivity index (χ2n) is 8.06. The van der Waals surface area contributed by atoms with E-state index in [1.54, 1.807) is 54.7 Å². The number of halogens is 1. The summed E-state index contributed by atoms with van der Waals surface area (Å²) in [6, 6.07) is 22.9. The minimum Gasteiger partial charge on any atom is -0.368 e. The first-order chi connectivity index (χ1) is 17.9. The third kappa shape index (κ3) is 6.89. The van der Waals surface area contributed by atoms with Crippen LogP contribution >= 0.6 is 11.6 Å². The van der Waals surface area contributed by atoms with Crippen molar-refractivity contribution in [3.8, 4) is 11.3 Å². The Kier molecular flexibility index (Phi) is 8.07. The molecule has 4 rings (SSSR count). The molecule has 9 nitrogen and oxygen atoms in total. The smallest absolute Gasteiger partial charge is 0.273 e. The number of amides is 3. The van der Waals surface area contributed by atoms with E-state index in [2.05, 4.69) is 20.9 Å². The second-order valence-corrected chi connectivity index (χ2v) is 8.50. The van der Waals surface area contributed by atoms with Crippen LogP contribution in [0.25, 0.3) is 11.3 Å².